The first-order chi connectivity index (χ1) is 16.8. The van der Waals surface area contributed by atoms with E-state index in [1.165, 1.54) is 33.1 Å². The molecule has 12 nitrogen and oxygen atoms in total. The Kier molecular flexibility index (Phi) is 6.09. The first-order valence-electron chi connectivity index (χ1n) is 10.5. The molecule has 2 aromatic rings. The number of tetrazole rings is 1. The summed E-state index contributed by atoms with van der Waals surface area (Å²) < 4.78 is 22.5. The molecule has 3 aliphatic heterocycles. The molecule has 184 valence electrons. The van der Waals surface area contributed by atoms with Crippen LogP contribution in [-0.4, -0.2) is 73.6 Å². The number of amides is 1. The zero-order valence-corrected chi connectivity index (χ0v) is 20.6. The minimum atomic E-state index is -1.10. The third kappa shape index (κ3) is 4.20. The summed E-state index contributed by atoms with van der Waals surface area (Å²) in [5.74, 6) is -0.537. The van der Waals surface area contributed by atoms with E-state index in [0.29, 0.717) is 21.6 Å². The van der Waals surface area contributed by atoms with Crippen LogP contribution < -0.4 is 4.74 Å². The first kappa shape index (κ1) is 23.5. The number of ether oxygens (including phenoxy) is 4. The molecule has 5 rings (SSSR count). The fourth-order valence-electron chi connectivity index (χ4n) is 4.05. The van der Waals surface area contributed by atoms with E-state index in [1.807, 2.05) is 0 Å². The maximum Gasteiger partial charge on any atom is 0.509 e. The Morgan fingerprint density at radius 2 is 2.09 bits per heavy atom. The second kappa shape index (κ2) is 9.07. The van der Waals surface area contributed by atoms with Crippen LogP contribution in [0.2, 0.25) is 0 Å². The summed E-state index contributed by atoms with van der Waals surface area (Å²) in [6.45, 7) is 1.67. The zero-order valence-electron chi connectivity index (χ0n) is 19.0. The third-order valence-corrected chi connectivity index (χ3v) is 8.46. The van der Waals surface area contributed by atoms with E-state index in [9.17, 15) is 14.4 Å². The highest BCUT2D eigenvalue weighted by Gasteiger charge is 2.65. The van der Waals surface area contributed by atoms with Crippen molar-refractivity contribution >= 4 is 41.6 Å². The summed E-state index contributed by atoms with van der Waals surface area (Å²) >= 11 is 2.71. The van der Waals surface area contributed by atoms with Crippen molar-refractivity contribution in [2.24, 2.45) is 13.0 Å². The molecule has 4 heterocycles. The molecule has 1 aromatic carbocycles. The highest BCUT2D eigenvalue weighted by molar-refractivity contribution is 8.06. The number of benzene rings is 1. The van der Waals surface area contributed by atoms with Gasteiger partial charge >= 0.3 is 12.1 Å². The van der Waals surface area contributed by atoms with Gasteiger partial charge in [-0.05, 0) is 35.0 Å². The Bertz CT molecular complexity index is 1220. The van der Waals surface area contributed by atoms with Crippen LogP contribution in [0.25, 0.3) is 0 Å². The fraction of sp³-hybridized carbons (Fsp3) is 0.429. The molecule has 2 unspecified atom stereocenters. The van der Waals surface area contributed by atoms with Gasteiger partial charge in [0.2, 0.25) is 11.1 Å². The number of rotatable bonds is 8. The molecular weight excluding hydrogens is 498 g/mol. The first-order valence-corrected chi connectivity index (χ1v) is 12.4. The highest BCUT2D eigenvalue weighted by atomic mass is 32.2. The van der Waals surface area contributed by atoms with Crippen LogP contribution in [0.5, 0.6) is 5.75 Å². The maximum absolute atomic E-state index is 13.2. The predicted molar refractivity (Wildman–Crippen MR) is 122 cm³/mol. The van der Waals surface area contributed by atoms with Gasteiger partial charge < -0.3 is 18.9 Å². The number of carbonyl (C=O) groups is 3. The van der Waals surface area contributed by atoms with Crippen LogP contribution in [0.3, 0.4) is 0 Å². The second-order valence-corrected chi connectivity index (χ2v) is 10.4. The molecule has 3 aliphatic rings. The van der Waals surface area contributed by atoms with Crippen molar-refractivity contribution in [3.63, 3.8) is 0 Å². The van der Waals surface area contributed by atoms with Crippen molar-refractivity contribution in [1.82, 2.24) is 25.1 Å². The summed E-state index contributed by atoms with van der Waals surface area (Å²) in [5, 5.41) is 11.5. The average Bonchev–Trinajstić information content (AvgIpc) is 3.51. The Morgan fingerprint density at radius 1 is 1.31 bits per heavy atom. The van der Waals surface area contributed by atoms with Gasteiger partial charge in [-0.15, -0.1) is 16.9 Å². The quantitative estimate of drug-likeness (QED) is 0.285. The molecule has 14 heteroatoms. The molecule has 0 saturated carbocycles. The van der Waals surface area contributed by atoms with E-state index in [-0.39, 0.29) is 24.8 Å². The van der Waals surface area contributed by atoms with E-state index in [1.54, 1.807) is 45.3 Å². The topological polar surface area (TPSA) is 135 Å². The van der Waals surface area contributed by atoms with Gasteiger partial charge in [0.05, 0.1) is 7.11 Å². The molecule has 0 spiro atoms. The largest absolute Gasteiger partial charge is 0.509 e. The lowest BCUT2D eigenvalue weighted by atomic mass is 9.81. The van der Waals surface area contributed by atoms with Crippen LogP contribution in [0, 0.1) is 5.92 Å². The lowest BCUT2D eigenvalue weighted by Gasteiger charge is -2.47. The van der Waals surface area contributed by atoms with Crippen molar-refractivity contribution in [3.8, 4) is 5.75 Å². The molecule has 35 heavy (non-hydrogen) atoms. The SMILES string of the molecule is COc1ccc(COC(=O)C2=C(CSc3nnnn3C)S[C@@H]3C(C4(C)COC(=O)O4)C(=O)N23)cc1. The Morgan fingerprint density at radius 3 is 2.71 bits per heavy atom. The minimum absolute atomic E-state index is 0.0287. The van der Waals surface area contributed by atoms with Gasteiger partial charge in [0.15, 0.2) is 5.60 Å². The van der Waals surface area contributed by atoms with Gasteiger partial charge in [-0.25, -0.2) is 14.3 Å². The van der Waals surface area contributed by atoms with E-state index in [0.717, 1.165) is 5.56 Å². The summed E-state index contributed by atoms with van der Waals surface area (Å²) in [7, 11) is 3.29. The Hall–Kier alpha value is -3.26. The smallest absolute Gasteiger partial charge is 0.497 e. The van der Waals surface area contributed by atoms with Gasteiger partial charge in [-0.1, -0.05) is 23.9 Å². The molecule has 0 N–H and O–H groups in total. The van der Waals surface area contributed by atoms with Crippen molar-refractivity contribution in [1.29, 1.82) is 0 Å². The van der Waals surface area contributed by atoms with Gasteiger partial charge in [0.1, 0.15) is 36.0 Å². The number of β-lactam (4-membered cyclic amide) rings is 1. The zero-order chi connectivity index (χ0) is 24.7. The van der Waals surface area contributed by atoms with Crippen molar-refractivity contribution < 1.29 is 33.3 Å². The Labute approximate surface area is 208 Å². The van der Waals surface area contributed by atoms with Gasteiger partial charge in [0.25, 0.3) is 0 Å². The Balaban J connectivity index is 1.35. The monoisotopic (exact) mass is 519 g/mol. The van der Waals surface area contributed by atoms with E-state index in [4.69, 9.17) is 18.9 Å². The predicted octanol–water partition coefficient (Wildman–Crippen LogP) is 1.72. The van der Waals surface area contributed by atoms with E-state index in [2.05, 4.69) is 15.5 Å². The number of fused-ring (bicyclic) bond motifs is 1. The molecule has 2 saturated heterocycles. The maximum atomic E-state index is 13.2. The summed E-state index contributed by atoms with van der Waals surface area (Å²) in [6, 6.07) is 7.14. The lowest BCUT2D eigenvalue weighted by molar-refractivity contribution is -0.164. The molecule has 1 aromatic heterocycles. The van der Waals surface area contributed by atoms with Gasteiger partial charge in [-0.2, -0.15) is 0 Å². The number of aryl methyl sites for hydroxylation is 1. The van der Waals surface area contributed by atoms with Crippen LogP contribution >= 0.6 is 23.5 Å². The number of carbonyl (C=O) groups excluding carboxylic acids is 3. The van der Waals surface area contributed by atoms with Crippen LogP contribution in [0.4, 0.5) is 4.79 Å². The summed E-state index contributed by atoms with van der Waals surface area (Å²) in [5.41, 5.74) is -0.138. The number of cyclic esters (lactones) is 2. The highest BCUT2D eigenvalue weighted by Crippen LogP contribution is 2.54. The normalized spacial score (nSPS) is 25.2. The number of aromatic nitrogens is 4. The number of esters is 1. The molecular formula is C21H21N5O7S2. The molecule has 0 aliphatic carbocycles. The standard InChI is InChI=1S/C21H21N5O7S2/c1-21(10-32-20(29)33-21)14-16(27)26-15(18(28)31-8-11-4-6-12(30-3)7-5-11)13(35-17(14)26)9-34-19-22-23-24-25(19)2/h4-7,14,17H,8-10H2,1-3H3/t14?,17-,21?/m1/s1. The van der Waals surface area contributed by atoms with Crippen LogP contribution in [0.15, 0.2) is 40.0 Å². The summed E-state index contributed by atoms with van der Waals surface area (Å²) in [4.78, 5) is 40.1. The number of hydrogen-bond donors (Lipinski definition) is 0. The van der Waals surface area contributed by atoms with E-state index >= 15 is 0 Å². The van der Waals surface area contributed by atoms with Crippen molar-refractivity contribution in [3.05, 3.63) is 40.4 Å². The number of methoxy groups -OCH3 is 1. The van der Waals surface area contributed by atoms with Crippen LogP contribution in [0.1, 0.15) is 12.5 Å². The average molecular weight is 520 g/mol. The molecule has 1 amide bonds. The molecule has 0 radical (unpaired) electrons. The lowest BCUT2D eigenvalue weighted by Crippen LogP contribution is -2.65. The number of thioether (sulfide) groups is 2. The van der Waals surface area contributed by atoms with Crippen molar-refractivity contribution in [2.45, 2.75) is 29.7 Å². The fourth-order valence-corrected chi connectivity index (χ4v) is 6.66. The number of nitrogens with zero attached hydrogens (tertiary/aromatic N) is 5. The van der Waals surface area contributed by atoms with Crippen molar-refractivity contribution in [2.75, 3.05) is 19.5 Å². The molecule has 3 atom stereocenters. The van der Waals surface area contributed by atoms with Gasteiger partial charge in [-0.3, -0.25) is 9.69 Å². The minimum Gasteiger partial charge on any atom is -0.497 e. The van der Waals surface area contributed by atoms with E-state index < -0.39 is 29.0 Å². The third-order valence-electron chi connectivity index (χ3n) is 5.90. The van der Waals surface area contributed by atoms with Gasteiger partial charge in [0, 0.05) is 17.7 Å². The molecule has 0 bridgehead atoms. The van der Waals surface area contributed by atoms with Crippen LogP contribution in [-0.2, 0) is 37.5 Å². The molecule has 2 fully saturated rings. The second-order valence-electron chi connectivity index (χ2n) is 8.22. The number of hydrogen-bond acceptors (Lipinski definition) is 12. The summed E-state index contributed by atoms with van der Waals surface area (Å²) in [6.07, 6.45) is -0.806.